The zero-order valence-electron chi connectivity index (χ0n) is 8.76. The number of hydrogen-bond donors (Lipinski definition) is 0. The normalized spacial score (nSPS) is 10.6. The summed E-state index contributed by atoms with van der Waals surface area (Å²) in [4.78, 5) is 14.7. The number of aryl methyl sites for hydroxylation is 1. The molecule has 0 saturated heterocycles. The molecule has 0 bridgehead atoms. The van der Waals surface area contributed by atoms with Gasteiger partial charge in [-0.2, -0.15) is 0 Å². The average molecular weight is 250 g/mol. The number of alkyl halides is 2. The van der Waals surface area contributed by atoms with Gasteiger partial charge in [0, 0.05) is 6.20 Å². The summed E-state index contributed by atoms with van der Waals surface area (Å²) in [6, 6.07) is 0. The van der Waals surface area contributed by atoms with E-state index in [0.29, 0.717) is 5.56 Å². The lowest BCUT2D eigenvalue weighted by molar-refractivity contribution is -0.139. The van der Waals surface area contributed by atoms with Crippen molar-refractivity contribution in [3.05, 3.63) is 28.0 Å². The molecule has 0 unspecified atom stereocenters. The third-order valence-electron chi connectivity index (χ3n) is 2.16. The van der Waals surface area contributed by atoms with E-state index >= 15 is 0 Å². The fraction of sp³-hybridized carbons (Fsp3) is 0.400. The molecular formula is C10H10ClF2NO2. The highest BCUT2D eigenvalue weighted by Crippen LogP contribution is 2.30. The predicted octanol–water partition coefficient (Wildman–Crippen LogP) is 2.70. The summed E-state index contributed by atoms with van der Waals surface area (Å²) in [5.74, 6) is -0.590. The van der Waals surface area contributed by atoms with Gasteiger partial charge in [0.1, 0.15) is 5.15 Å². The number of halogens is 3. The molecule has 1 heterocycles. The van der Waals surface area contributed by atoms with E-state index in [2.05, 4.69) is 9.72 Å². The van der Waals surface area contributed by atoms with Crippen LogP contribution in [0.3, 0.4) is 0 Å². The van der Waals surface area contributed by atoms with Crippen molar-refractivity contribution in [2.45, 2.75) is 19.8 Å². The molecule has 0 aliphatic heterocycles. The number of esters is 1. The molecule has 0 aromatic carbocycles. The SMILES string of the molecule is COC(=O)Cc1c(C)cnc(Cl)c1C(F)F. The maximum absolute atomic E-state index is 12.7. The standard InChI is InChI=1S/C10H10ClF2NO2/c1-5-4-14-9(11)8(10(12)13)6(5)3-7(15)16-2/h4,10H,3H2,1-2H3. The molecule has 0 fully saturated rings. The van der Waals surface area contributed by atoms with Gasteiger partial charge in [-0.05, 0) is 18.1 Å². The second-order valence-electron chi connectivity index (χ2n) is 3.18. The Labute approximate surface area is 96.4 Å². The van der Waals surface area contributed by atoms with Crippen molar-refractivity contribution in [1.29, 1.82) is 0 Å². The van der Waals surface area contributed by atoms with Gasteiger partial charge in [0.2, 0.25) is 0 Å². The van der Waals surface area contributed by atoms with E-state index in [0.717, 1.165) is 0 Å². The quantitative estimate of drug-likeness (QED) is 0.611. The number of pyridine rings is 1. The number of methoxy groups -OCH3 is 1. The van der Waals surface area contributed by atoms with Crippen LogP contribution in [-0.4, -0.2) is 18.1 Å². The van der Waals surface area contributed by atoms with Crippen LogP contribution in [0.1, 0.15) is 23.1 Å². The first kappa shape index (κ1) is 12.8. The number of carbonyl (C=O) groups excluding carboxylic acids is 1. The van der Waals surface area contributed by atoms with Crippen molar-refractivity contribution >= 4 is 17.6 Å². The zero-order valence-corrected chi connectivity index (χ0v) is 9.52. The molecule has 0 radical (unpaired) electrons. The minimum atomic E-state index is -2.76. The van der Waals surface area contributed by atoms with E-state index in [1.807, 2.05) is 0 Å². The van der Waals surface area contributed by atoms with Crippen LogP contribution in [0.4, 0.5) is 8.78 Å². The van der Waals surface area contributed by atoms with Gasteiger partial charge in [0.25, 0.3) is 6.43 Å². The van der Waals surface area contributed by atoms with Gasteiger partial charge < -0.3 is 4.74 Å². The number of rotatable bonds is 3. The molecule has 0 aliphatic rings. The van der Waals surface area contributed by atoms with Crippen molar-refractivity contribution in [2.24, 2.45) is 0 Å². The highest BCUT2D eigenvalue weighted by molar-refractivity contribution is 6.30. The lowest BCUT2D eigenvalue weighted by Crippen LogP contribution is -2.10. The zero-order chi connectivity index (χ0) is 12.3. The van der Waals surface area contributed by atoms with E-state index in [4.69, 9.17) is 11.6 Å². The fourth-order valence-electron chi connectivity index (χ4n) is 1.31. The Hall–Kier alpha value is -1.23. The molecule has 0 saturated carbocycles. The second kappa shape index (κ2) is 5.21. The third kappa shape index (κ3) is 2.66. The Morgan fingerprint density at radius 2 is 2.25 bits per heavy atom. The van der Waals surface area contributed by atoms with Crippen molar-refractivity contribution in [3.8, 4) is 0 Å². The van der Waals surface area contributed by atoms with Crippen LogP contribution in [0, 0.1) is 6.92 Å². The Bertz CT molecular complexity index is 410. The van der Waals surface area contributed by atoms with Gasteiger partial charge in [0.05, 0.1) is 19.1 Å². The van der Waals surface area contributed by atoms with Crippen LogP contribution in [0.2, 0.25) is 5.15 Å². The highest BCUT2D eigenvalue weighted by Gasteiger charge is 2.21. The summed E-state index contributed by atoms with van der Waals surface area (Å²) in [5.41, 5.74) is 0.277. The van der Waals surface area contributed by atoms with Crippen molar-refractivity contribution in [1.82, 2.24) is 4.98 Å². The lowest BCUT2D eigenvalue weighted by atomic mass is 10.0. The van der Waals surface area contributed by atoms with Crippen LogP contribution in [0.5, 0.6) is 0 Å². The van der Waals surface area contributed by atoms with Crippen molar-refractivity contribution in [3.63, 3.8) is 0 Å². The van der Waals surface area contributed by atoms with Gasteiger partial charge in [-0.1, -0.05) is 11.6 Å². The molecule has 16 heavy (non-hydrogen) atoms. The maximum Gasteiger partial charge on any atom is 0.310 e. The topological polar surface area (TPSA) is 39.2 Å². The molecule has 6 heteroatoms. The fourth-order valence-corrected chi connectivity index (χ4v) is 1.56. The first-order valence-electron chi connectivity index (χ1n) is 4.46. The Kier molecular flexibility index (Phi) is 4.18. The summed E-state index contributed by atoms with van der Waals surface area (Å²) in [5, 5.41) is -0.278. The maximum atomic E-state index is 12.7. The minimum Gasteiger partial charge on any atom is -0.469 e. The minimum absolute atomic E-state index is 0.182. The Balaban J connectivity index is 3.23. The smallest absolute Gasteiger partial charge is 0.310 e. The number of carbonyl (C=O) groups is 1. The summed E-state index contributed by atoms with van der Waals surface area (Å²) in [7, 11) is 1.20. The van der Waals surface area contributed by atoms with Gasteiger partial charge in [0.15, 0.2) is 0 Å². The number of hydrogen-bond acceptors (Lipinski definition) is 3. The molecule has 1 aromatic rings. The van der Waals surface area contributed by atoms with Crippen molar-refractivity contribution < 1.29 is 18.3 Å². The van der Waals surface area contributed by atoms with Gasteiger partial charge in [-0.25, -0.2) is 13.8 Å². The molecule has 88 valence electrons. The van der Waals surface area contributed by atoms with Crippen LogP contribution < -0.4 is 0 Å². The monoisotopic (exact) mass is 249 g/mol. The van der Waals surface area contributed by atoms with Gasteiger partial charge in [-0.15, -0.1) is 0 Å². The largest absolute Gasteiger partial charge is 0.469 e. The molecular weight excluding hydrogens is 240 g/mol. The van der Waals surface area contributed by atoms with E-state index in [1.165, 1.54) is 13.3 Å². The Morgan fingerprint density at radius 1 is 1.62 bits per heavy atom. The van der Waals surface area contributed by atoms with Gasteiger partial charge >= 0.3 is 5.97 Å². The number of aromatic nitrogens is 1. The molecule has 3 nitrogen and oxygen atoms in total. The molecule has 0 atom stereocenters. The first-order valence-corrected chi connectivity index (χ1v) is 4.84. The summed E-state index contributed by atoms with van der Waals surface area (Å²) in [6.07, 6.45) is -1.64. The highest BCUT2D eigenvalue weighted by atomic mass is 35.5. The van der Waals surface area contributed by atoms with Crippen LogP contribution >= 0.6 is 11.6 Å². The predicted molar refractivity (Wildman–Crippen MR) is 54.7 cm³/mol. The summed E-state index contributed by atoms with van der Waals surface area (Å²) >= 11 is 5.58. The van der Waals surface area contributed by atoms with Crippen LogP contribution in [0.25, 0.3) is 0 Å². The molecule has 0 N–H and O–H groups in total. The summed E-state index contributed by atoms with van der Waals surface area (Å²) in [6.45, 7) is 1.59. The van der Waals surface area contributed by atoms with Crippen LogP contribution in [-0.2, 0) is 16.0 Å². The van der Waals surface area contributed by atoms with E-state index in [1.54, 1.807) is 6.92 Å². The van der Waals surface area contributed by atoms with E-state index in [-0.39, 0.29) is 17.1 Å². The number of ether oxygens (including phenoxy) is 1. The Morgan fingerprint density at radius 3 is 2.75 bits per heavy atom. The molecule has 0 amide bonds. The molecule has 1 aromatic heterocycles. The van der Waals surface area contributed by atoms with E-state index in [9.17, 15) is 13.6 Å². The van der Waals surface area contributed by atoms with Gasteiger partial charge in [-0.3, -0.25) is 4.79 Å². The molecule has 0 aliphatic carbocycles. The lowest BCUT2D eigenvalue weighted by Gasteiger charge is -2.11. The first-order chi connectivity index (χ1) is 7.47. The van der Waals surface area contributed by atoms with E-state index < -0.39 is 18.0 Å². The second-order valence-corrected chi connectivity index (χ2v) is 3.54. The molecule has 0 spiro atoms. The van der Waals surface area contributed by atoms with Crippen molar-refractivity contribution in [2.75, 3.05) is 7.11 Å². The van der Waals surface area contributed by atoms with Crippen LogP contribution in [0.15, 0.2) is 6.20 Å². The summed E-state index contributed by atoms with van der Waals surface area (Å²) < 4.78 is 29.9. The molecule has 1 rings (SSSR count). The third-order valence-corrected chi connectivity index (χ3v) is 2.46. The number of nitrogens with zero attached hydrogens (tertiary/aromatic N) is 1. The average Bonchev–Trinajstić information content (AvgIpc) is 2.22.